The maximum Gasteiger partial charge on any atom is 0.256 e. The summed E-state index contributed by atoms with van der Waals surface area (Å²) in [5.41, 5.74) is 9.55. The number of benzene rings is 2. The molecule has 0 aliphatic heterocycles. The van der Waals surface area contributed by atoms with Crippen molar-refractivity contribution >= 4 is 28.2 Å². The Morgan fingerprint density at radius 2 is 1.63 bits per heavy atom. The summed E-state index contributed by atoms with van der Waals surface area (Å²) >= 11 is 1.48. The molecule has 0 bridgehead atoms. The molecule has 0 spiro atoms. The van der Waals surface area contributed by atoms with Gasteiger partial charge in [-0.25, -0.2) is 0 Å². The van der Waals surface area contributed by atoms with Crippen LogP contribution in [0.25, 0.3) is 11.1 Å². The van der Waals surface area contributed by atoms with Gasteiger partial charge in [-0.3, -0.25) is 9.59 Å². The van der Waals surface area contributed by atoms with E-state index in [1.165, 1.54) is 16.2 Å². The number of primary amides is 1. The van der Waals surface area contributed by atoms with Crippen LogP contribution in [0, 0.1) is 0 Å². The molecule has 0 saturated carbocycles. The Hall–Kier alpha value is -2.92. The average molecular weight is 376 g/mol. The zero-order valence-corrected chi connectivity index (χ0v) is 15.6. The minimum atomic E-state index is -0.471. The first-order valence-electron chi connectivity index (χ1n) is 9.05. The van der Waals surface area contributed by atoms with Crippen LogP contribution < -0.4 is 11.1 Å². The van der Waals surface area contributed by atoms with Crippen molar-refractivity contribution < 1.29 is 9.59 Å². The van der Waals surface area contributed by atoms with E-state index in [0.717, 1.165) is 42.4 Å². The predicted octanol–water partition coefficient (Wildman–Crippen LogP) is 4.65. The average Bonchev–Trinajstić information content (AvgIpc) is 3.06. The fourth-order valence-electron chi connectivity index (χ4n) is 3.64. The van der Waals surface area contributed by atoms with Crippen molar-refractivity contribution in [2.75, 3.05) is 5.32 Å². The molecule has 1 aromatic heterocycles. The standard InChI is InChI=1S/C22H20N2O2S/c23-20(25)19-17-12-6-7-13-18(17)27-22(19)24-21(26)16-11-5-4-10-15(16)14-8-2-1-3-9-14/h1-5,8-11H,6-7,12-13H2,(H2,23,25)(H,24,26). The van der Waals surface area contributed by atoms with Crippen LogP contribution in [0.5, 0.6) is 0 Å². The molecule has 1 aliphatic rings. The first-order chi connectivity index (χ1) is 13.1. The number of fused-ring (bicyclic) bond motifs is 1. The van der Waals surface area contributed by atoms with Gasteiger partial charge < -0.3 is 11.1 Å². The highest BCUT2D eigenvalue weighted by Crippen LogP contribution is 2.38. The van der Waals surface area contributed by atoms with Gasteiger partial charge in [-0.05, 0) is 48.4 Å². The normalized spacial score (nSPS) is 13.0. The molecule has 4 nitrogen and oxygen atoms in total. The third-order valence-electron chi connectivity index (χ3n) is 4.90. The van der Waals surface area contributed by atoms with Crippen LogP contribution in [0.3, 0.4) is 0 Å². The van der Waals surface area contributed by atoms with Gasteiger partial charge >= 0.3 is 0 Å². The number of rotatable bonds is 4. The third kappa shape index (κ3) is 3.38. The number of carbonyl (C=O) groups is 2. The first kappa shape index (κ1) is 17.5. The van der Waals surface area contributed by atoms with Gasteiger partial charge in [0.15, 0.2) is 0 Å². The molecule has 27 heavy (non-hydrogen) atoms. The van der Waals surface area contributed by atoms with Gasteiger partial charge in [0.25, 0.3) is 11.8 Å². The summed E-state index contributed by atoms with van der Waals surface area (Å²) in [5.74, 6) is -0.698. The Bertz CT molecular complexity index is 1010. The largest absolute Gasteiger partial charge is 0.365 e. The molecule has 0 unspecified atom stereocenters. The highest BCUT2D eigenvalue weighted by Gasteiger charge is 2.25. The van der Waals surface area contributed by atoms with Crippen molar-refractivity contribution in [1.29, 1.82) is 0 Å². The van der Waals surface area contributed by atoms with Gasteiger partial charge in [-0.2, -0.15) is 0 Å². The van der Waals surface area contributed by atoms with Gasteiger partial charge in [0.2, 0.25) is 0 Å². The number of amides is 2. The number of thiophene rings is 1. The third-order valence-corrected chi connectivity index (χ3v) is 6.11. The van der Waals surface area contributed by atoms with Crippen molar-refractivity contribution in [3.05, 3.63) is 76.2 Å². The Kier molecular flexibility index (Phi) is 4.77. The number of aryl methyl sites for hydroxylation is 1. The fourth-order valence-corrected chi connectivity index (χ4v) is 4.93. The van der Waals surface area contributed by atoms with Gasteiger partial charge in [0.1, 0.15) is 5.00 Å². The first-order valence-corrected chi connectivity index (χ1v) is 9.87. The topological polar surface area (TPSA) is 72.2 Å². The van der Waals surface area contributed by atoms with E-state index in [0.29, 0.717) is 16.1 Å². The summed E-state index contributed by atoms with van der Waals surface area (Å²) in [5, 5.41) is 3.53. The Balaban J connectivity index is 1.70. The van der Waals surface area contributed by atoms with Crippen molar-refractivity contribution in [3.63, 3.8) is 0 Å². The number of nitrogens with two attached hydrogens (primary N) is 1. The second-order valence-electron chi connectivity index (χ2n) is 6.65. The lowest BCUT2D eigenvalue weighted by atomic mass is 9.95. The van der Waals surface area contributed by atoms with E-state index in [4.69, 9.17) is 5.73 Å². The van der Waals surface area contributed by atoms with Crippen LogP contribution in [0.1, 0.15) is 44.0 Å². The van der Waals surface area contributed by atoms with E-state index >= 15 is 0 Å². The Labute approximate surface area is 162 Å². The SMILES string of the molecule is NC(=O)c1c(NC(=O)c2ccccc2-c2ccccc2)sc2c1CCCC2. The molecule has 0 atom stereocenters. The Morgan fingerprint density at radius 1 is 0.926 bits per heavy atom. The van der Waals surface area contributed by atoms with Crippen molar-refractivity contribution in [2.45, 2.75) is 25.7 Å². The highest BCUT2D eigenvalue weighted by molar-refractivity contribution is 7.17. The molecule has 2 amide bonds. The van der Waals surface area contributed by atoms with Crippen molar-refractivity contribution in [3.8, 4) is 11.1 Å². The second-order valence-corrected chi connectivity index (χ2v) is 7.75. The number of anilines is 1. The van der Waals surface area contributed by atoms with E-state index in [2.05, 4.69) is 5.32 Å². The van der Waals surface area contributed by atoms with Crippen molar-refractivity contribution in [2.24, 2.45) is 5.73 Å². The van der Waals surface area contributed by atoms with Crippen LogP contribution in [0.2, 0.25) is 0 Å². The molecule has 2 aromatic carbocycles. The molecule has 0 radical (unpaired) electrons. The zero-order chi connectivity index (χ0) is 18.8. The number of nitrogens with one attached hydrogen (secondary N) is 1. The fraction of sp³-hybridized carbons (Fsp3) is 0.182. The lowest BCUT2D eigenvalue weighted by Gasteiger charge is -2.12. The summed E-state index contributed by atoms with van der Waals surface area (Å²) in [6.07, 6.45) is 3.95. The maximum absolute atomic E-state index is 13.0. The van der Waals surface area contributed by atoms with Gasteiger partial charge in [0, 0.05) is 10.4 Å². The Morgan fingerprint density at radius 3 is 2.41 bits per heavy atom. The summed E-state index contributed by atoms with van der Waals surface area (Å²) in [6.45, 7) is 0. The van der Waals surface area contributed by atoms with Crippen LogP contribution in [0.4, 0.5) is 5.00 Å². The molecular weight excluding hydrogens is 356 g/mol. The maximum atomic E-state index is 13.0. The van der Waals surface area contributed by atoms with E-state index in [9.17, 15) is 9.59 Å². The molecule has 0 saturated heterocycles. The van der Waals surface area contributed by atoms with Crippen LogP contribution in [0.15, 0.2) is 54.6 Å². The molecular formula is C22H20N2O2S. The minimum absolute atomic E-state index is 0.226. The molecule has 1 aliphatic carbocycles. The molecule has 1 heterocycles. The van der Waals surface area contributed by atoms with Crippen LogP contribution >= 0.6 is 11.3 Å². The second kappa shape index (κ2) is 7.37. The van der Waals surface area contributed by atoms with E-state index < -0.39 is 5.91 Å². The van der Waals surface area contributed by atoms with E-state index in [1.807, 2.05) is 48.5 Å². The van der Waals surface area contributed by atoms with Crippen LogP contribution in [-0.4, -0.2) is 11.8 Å². The lowest BCUT2D eigenvalue weighted by Crippen LogP contribution is -2.19. The smallest absolute Gasteiger partial charge is 0.256 e. The zero-order valence-electron chi connectivity index (χ0n) is 14.8. The molecule has 136 valence electrons. The van der Waals surface area contributed by atoms with Gasteiger partial charge in [-0.15, -0.1) is 11.3 Å². The minimum Gasteiger partial charge on any atom is -0.365 e. The molecule has 4 rings (SSSR count). The van der Waals surface area contributed by atoms with Gasteiger partial charge in [-0.1, -0.05) is 48.5 Å². The predicted molar refractivity (Wildman–Crippen MR) is 109 cm³/mol. The molecule has 3 aromatic rings. The summed E-state index contributed by atoms with van der Waals surface area (Å²) in [6, 6.07) is 17.3. The molecule has 5 heteroatoms. The van der Waals surface area contributed by atoms with E-state index in [1.54, 1.807) is 6.07 Å². The van der Waals surface area contributed by atoms with E-state index in [-0.39, 0.29) is 5.91 Å². The number of hydrogen-bond acceptors (Lipinski definition) is 3. The summed E-state index contributed by atoms with van der Waals surface area (Å²) < 4.78 is 0. The monoisotopic (exact) mass is 376 g/mol. The lowest BCUT2D eigenvalue weighted by molar-refractivity contribution is 0.100. The van der Waals surface area contributed by atoms with Crippen molar-refractivity contribution in [1.82, 2.24) is 0 Å². The quantitative estimate of drug-likeness (QED) is 0.696. The molecule has 3 N–H and O–H groups in total. The van der Waals surface area contributed by atoms with Gasteiger partial charge in [0.05, 0.1) is 5.56 Å². The summed E-state index contributed by atoms with van der Waals surface area (Å²) in [7, 11) is 0. The number of hydrogen-bond donors (Lipinski definition) is 2. The summed E-state index contributed by atoms with van der Waals surface area (Å²) in [4.78, 5) is 26.2. The van der Waals surface area contributed by atoms with Crippen LogP contribution in [-0.2, 0) is 12.8 Å². The number of carbonyl (C=O) groups excluding carboxylic acids is 2. The molecule has 0 fully saturated rings. The highest BCUT2D eigenvalue weighted by atomic mass is 32.1.